The van der Waals surface area contributed by atoms with Gasteiger partial charge in [-0.3, -0.25) is 15.0 Å². The molecule has 4 rings (SSSR count). The van der Waals surface area contributed by atoms with Gasteiger partial charge < -0.3 is 5.11 Å². The zero-order chi connectivity index (χ0) is 21.5. The van der Waals surface area contributed by atoms with Crippen molar-refractivity contribution in [2.24, 2.45) is 5.92 Å². The summed E-state index contributed by atoms with van der Waals surface area (Å²) >= 11 is 0. The van der Waals surface area contributed by atoms with Crippen LogP contribution in [0.3, 0.4) is 0 Å². The van der Waals surface area contributed by atoms with E-state index in [4.69, 9.17) is 0 Å². The Bertz CT molecular complexity index is 905. The molecular weight excluding hydrogens is 382 g/mol. The maximum Gasteiger partial charge on any atom is 0.298 e. The number of aromatic nitrogens is 4. The summed E-state index contributed by atoms with van der Waals surface area (Å²) < 4.78 is 1.74. The van der Waals surface area contributed by atoms with Gasteiger partial charge in [0.25, 0.3) is 5.91 Å². The molecule has 2 heterocycles. The van der Waals surface area contributed by atoms with Gasteiger partial charge in [0.1, 0.15) is 0 Å². The summed E-state index contributed by atoms with van der Waals surface area (Å²) in [5, 5.41) is 26.3. The number of carbonyl (C=O) groups is 1. The van der Waals surface area contributed by atoms with Crippen molar-refractivity contribution in [2.45, 2.75) is 76.7 Å². The first-order valence-corrected chi connectivity index (χ1v) is 10.9. The van der Waals surface area contributed by atoms with E-state index in [-0.39, 0.29) is 24.1 Å². The van der Waals surface area contributed by atoms with Crippen LogP contribution in [0.4, 0.5) is 0 Å². The third-order valence-corrected chi connectivity index (χ3v) is 6.96. The molecule has 0 saturated heterocycles. The molecule has 0 spiro atoms. The number of carbonyl (C=O) groups excluding carboxylic acids is 1. The molecule has 1 saturated carbocycles. The van der Waals surface area contributed by atoms with Crippen molar-refractivity contribution < 1.29 is 15.1 Å². The molecule has 8 heteroatoms. The maximum atomic E-state index is 13.5. The first kappa shape index (κ1) is 20.9. The molecule has 1 unspecified atom stereocenters. The van der Waals surface area contributed by atoms with E-state index in [0.717, 1.165) is 42.0 Å². The van der Waals surface area contributed by atoms with Crippen LogP contribution in [0.25, 0.3) is 5.82 Å². The number of fused-ring (bicyclic) bond motifs is 1. The van der Waals surface area contributed by atoms with E-state index in [9.17, 15) is 15.1 Å². The molecule has 2 aromatic heterocycles. The summed E-state index contributed by atoms with van der Waals surface area (Å²) in [6.07, 6.45) is 9.75. The van der Waals surface area contributed by atoms with Gasteiger partial charge in [0.05, 0.1) is 24.0 Å². The minimum Gasteiger partial charge on any atom is -0.394 e. The van der Waals surface area contributed by atoms with Crippen LogP contribution >= 0.6 is 0 Å². The monoisotopic (exact) mass is 413 g/mol. The summed E-state index contributed by atoms with van der Waals surface area (Å²) in [6, 6.07) is 0. The Hall–Kier alpha value is -2.32. The third-order valence-electron chi connectivity index (χ3n) is 6.96. The molecule has 0 aliphatic heterocycles. The van der Waals surface area contributed by atoms with E-state index in [1.54, 1.807) is 23.3 Å². The van der Waals surface area contributed by atoms with Crippen molar-refractivity contribution in [2.75, 3.05) is 6.61 Å². The summed E-state index contributed by atoms with van der Waals surface area (Å²) in [4.78, 5) is 22.1. The average molecular weight is 414 g/mol. The van der Waals surface area contributed by atoms with Crippen LogP contribution in [0.15, 0.2) is 18.6 Å². The van der Waals surface area contributed by atoms with E-state index >= 15 is 0 Å². The second-order valence-electron chi connectivity index (χ2n) is 9.16. The summed E-state index contributed by atoms with van der Waals surface area (Å²) in [6.45, 7) is 6.20. The Morgan fingerprint density at radius 3 is 2.63 bits per heavy atom. The molecule has 2 aliphatic rings. The van der Waals surface area contributed by atoms with Gasteiger partial charge in [-0.2, -0.15) is 5.10 Å². The van der Waals surface area contributed by atoms with E-state index in [1.807, 2.05) is 0 Å². The number of hydroxylamine groups is 2. The lowest BCUT2D eigenvalue weighted by Gasteiger charge is -2.35. The molecule has 2 aromatic rings. The molecule has 162 valence electrons. The molecule has 2 atom stereocenters. The normalized spacial score (nSPS) is 22.9. The van der Waals surface area contributed by atoms with Crippen molar-refractivity contribution in [3.05, 3.63) is 35.5 Å². The quantitative estimate of drug-likeness (QED) is 0.575. The molecule has 2 N–H and O–H groups in total. The number of aliphatic hydroxyl groups excluding tert-OH is 1. The number of rotatable bonds is 5. The van der Waals surface area contributed by atoms with Gasteiger partial charge in [-0.05, 0) is 37.5 Å². The van der Waals surface area contributed by atoms with Gasteiger partial charge in [0, 0.05) is 23.9 Å². The largest absolute Gasteiger partial charge is 0.394 e. The van der Waals surface area contributed by atoms with Crippen LogP contribution in [-0.2, 0) is 0 Å². The van der Waals surface area contributed by atoms with Gasteiger partial charge >= 0.3 is 0 Å². The van der Waals surface area contributed by atoms with E-state index < -0.39 is 11.4 Å². The van der Waals surface area contributed by atoms with Crippen LogP contribution in [-0.4, -0.2) is 53.2 Å². The third kappa shape index (κ3) is 3.32. The highest BCUT2D eigenvalue weighted by atomic mass is 16.5. The van der Waals surface area contributed by atoms with Crippen LogP contribution in [0.1, 0.15) is 92.9 Å². The highest BCUT2D eigenvalue weighted by Crippen LogP contribution is 2.45. The average Bonchev–Trinajstić information content (AvgIpc) is 3.40. The Kier molecular flexibility index (Phi) is 5.63. The minimum atomic E-state index is -0.921. The second kappa shape index (κ2) is 8.07. The predicted molar refractivity (Wildman–Crippen MR) is 111 cm³/mol. The van der Waals surface area contributed by atoms with Gasteiger partial charge in [-0.1, -0.05) is 33.6 Å². The molecule has 2 aliphatic carbocycles. The lowest BCUT2D eigenvalue weighted by molar-refractivity contribution is -0.146. The molecular formula is C22H31N5O3. The topological polar surface area (TPSA) is 104 Å². The van der Waals surface area contributed by atoms with Gasteiger partial charge in [0.2, 0.25) is 0 Å². The zero-order valence-electron chi connectivity index (χ0n) is 18.0. The first-order valence-electron chi connectivity index (χ1n) is 10.9. The Morgan fingerprint density at radius 2 is 2.03 bits per heavy atom. The lowest BCUT2D eigenvalue weighted by atomic mass is 9.75. The van der Waals surface area contributed by atoms with Crippen molar-refractivity contribution in [3.63, 3.8) is 0 Å². The van der Waals surface area contributed by atoms with Gasteiger partial charge in [-0.25, -0.2) is 14.7 Å². The summed E-state index contributed by atoms with van der Waals surface area (Å²) in [5.74, 6) is 0.769. The minimum absolute atomic E-state index is 0.140. The summed E-state index contributed by atoms with van der Waals surface area (Å²) in [7, 11) is 0. The van der Waals surface area contributed by atoms with E-state index in [1.165, 1.54) is 0 Å². The van der Waals surface area contributed by atoms with Crippen molar-refractivity contribution in [1.82, 2.24) is 24.8 Å². The molecule has 8 nitrogen and oxygen atoms in total. The number of nitrogens with zero attached hydrogens (tertiary/aromatic N) is 5. The Labute approximate surface area is 176 Å². The Morgan fingerprint density at radius 1 is 1.30 bits per heavy atom. The molecule has 30 heavy (non-hydrogen) atoms. The number of amides is 1. The number of hydrogen-bond acceptors (Lipinski definition) is 6. The first-order chi connectivity index (χ1) is 14.4. The van der Waals surface area contributed by atoms with Crippen LogP contribution in [0.2, 0.25) is 0 Å². The summed E-state index contributed by atoms with van der Waals surface area (Å²) in [5.41, 5.74) is 1.22. The smallest absolute Gasteiger partial charge is 0.298 e. The van der Waals surface area contributed by atoms with E-state index in [2.05, 4.69) is 35.8 Å². The highest BCUT2D eigenvalue weighted by molar-refractivity contribution is 5.94. The fraction of sp³-hybridized carbons (Fsp3) is 0.636. The maximum absolute atomic E-state index is 13.5. The molecule has 0 aromatic carbocycles. The Balaban J connectivity index is 1.86. The van der Waals surface area contributed by atoms with Gasteiger partial charge in [-0.15, -0.1) is 0 Å². The van der Waals surface area contributed by atoms with Crippen molar-refractivity contribution in [1.29, 1.82) is 0 Å². The zero-order valence-corrected chi connectivity index (χ0v) is 18.0. The predicted octanol–water partition coefficient (Wildman–Crippen LogP) is 3.44. The molecule has 1 fully saturated rings. The molecule has 1 amide bonds. The van der Waals surface area contributed by atoms with Gasteiger partial charge in [0.15, 0.2) is 11.5 Å². The molecule has 0 radical (unpaired) electrons. The van der Waals surface area contributed by atoms with Crippen LogP contribution in [0, 0.1) is 5.92 Å². The lowest BCUT2D eigenvalue weighted by Crippen LogP contribution is -2.51. The van der Waals surface area contributed by atoms with Crippen molar-refractivity contribution >= 4 is 5.91 Å². The molecule has 0 bridgehead atoms. The number of aliphatic hydroxyl groups is 1. The second-order valence-corrected chi connectivity index (χ2v) is 9.16. The van der Waals surface area contributed by atoms with Crippen molar-refractivity contribution in [3.8, 4) is 5.82 Å². The van der Waals surface area contributed by atoms with Crippen LogP contribution in [0.5, 0.6) is 0 Å². The SMILES string of the molecule is CC(C)C1CC[C@@H](C)c2c(C(=O)N(O)C3(CO)CCCC3)nn(-c3cnccn3)c21. The fourth-order valence-corrected chi connectivity index (χ4v) is 5.16. The number of hydrogen-bond donors (Lipinski definition) is 2. The fourth-order valence-electron chi connectivity index (χ4n) is 5.16. The highest BCUT2D eigenvalue weighted by Gasteiger charge is 2.45. The standard InChI is InChI=1S/C22H31N5O3/c1-14(2)16-7-6-15(3)18-19(21(29)27(30)22(13-28)8-4-5-9-22)25-26(20(16)18)17-12-23-10-11-24-17/h10-12,14-16,28,30H,4-9,13H2,1-3H3/t15-,16?/m1/s1. The van der Waals surface area contributed by atoms with Crippen LogP contribution < -0.4 is 0 Å². The van der Waals surface area contributed by atoms with E-state index in [0.29, 0.717) is 24.6 Å².